The lowest BCUT2D eigenvalue weighted by Crippen LogP contribution is -2.28. The zero-order chi connectivity index (χ0) is 10.4. The van der Waals surface area contributed by atoms with Gasteiger partial charge in [0.1, 0.15) is 0 Å². The van der Waals surface area contributed by atoms with Crippen LogP contribution in [0.3, 0.4) is 0 Å². The first-order valence-electron chi connectivity index (χ1n) is 4.63. The molecule has 0 aliphatic rings. The number of aromatic nitrogens is 2. The Morgan fingerprint density at radius 3 is 3.07 bits per heavy atom. The molecule has 0 spiro atoms. The molecule has 1 amide bonds. The highest BCUT2D eigenvalue weighted by Crippen LogP contribution is 1.86. The summed E-state index contributed by atoms with van der Waals surface area (Å²) in [6.07, 6.45) is 6.87. The fourth-order valence-electron chi connectivity index (χ4n) is 1.01. The Morgan fingerprint density at radius 1 is 1.71 bits per heavy atom. The van der Waals surface area contributed by atoms with Crippen LogP contribution in [-0.4, -0.2) is 21.7 Å². The Morgan fingerprint density at radius 2 is 2.50 bits per heavy atom. The van der Waals surface area contributed by atoms with Crippen molar-refractivity contribution in [3.63, 3.8) is 0 Å². The van der Waals surface area contributed by atoms with Crippen molar-refractivity contribution in [2.45, 2.75) is 26.4 Å². The van der Waals surface area contributed by atoms with Crippen molar-refractivity contribution >= 4 is 5.91 Å². The third kappa shape index (κ3) is 3.89. The van der Waals surface area contributed by atoms with E-state index in [9.17, 15) is 4.79 Å². The maximum Gasteiger partial charge on any atom is 0.243 e. The molecule has 0 aliphatic heterocycles. The summed E-state index contributed by atoms with van der Waals surface area (Å²) in [7, 11) is 0. The average molecular weight is 195 g/mol. The molecule has 1 rings (SSSR count). The van der Waals surface area contributed by atoms with Gasteiger partial charge in [0.25, 0.3) is 0 Å². The second-order valence-corrected chi connectivity index (χ2v) is 3.29. The molecule has 78 valence electrons. The molecule has 14 heavy (non-hydrogen) atoms. The summed E-state index contributed by atoms with van der Waals surface area (Å²) in [5.41, 5.74) is 0. The van der Waals surface area contributed by atoms with E-state index in [1.54, 1.807) is 17.0 Å². The van der Waals surface area contributed by atoms with E-state index in [0.29, 0.717) is 6.54 Å². The first kappa shape index (κ1) is 10.5. The van der Waals surface area contributed by atoms with Crippen molar-refractivity contribution in [1.29, 1.82) is 0 Å². The Labute approximate surface area is 85.1 Å². The Kier molecular flexibility index (Phi) is 3.91. The van der Waals surface area contributed by atoms with Gasteiger partial charge < -0.3 is 5.32 Å². The maximum absolute atomic E-state index is 11.2. The van der Waals surface area contributed by atoms with Crippen molar-refractivity contribution in [2.24, 2.45) is 0 Å². The van der Waals surface area contributed by atoms with Gasteiger partial charge in [-0.3, -0.25) is 9.48 Å². The number of hydrogen-bond acceptors (Lipinski definition) is 2. The zero-order valence-electron chi connectivity index (χ0n) is 8.47. The van der Waals surface area contributed by atoms with Crippen LogP contribution in [0.2, 0.25) is 0 Å². The molecule has 1 N–H and O–H groups in total. The lowest BCUT2D eigenvalue weighted by atomic mass is 10.3. The molecule has 1 heterocycles. The Bertz CT molecular complexity index is 306. The van der Waals surface area contributed by atoms with Crippen LogP contribution in [0.4, 0.5) is 0 Å². The molecule has 1 aromatic rings. The van der Waals surface area contributed by atoms with Gasteiger partial charge in [0.2, 0.25) is 5.91 Å². The van der Waals surface area contributed by atoms with Crippen LogP contribution in [0.1, 0.15) is 15.3 Å². The summed E-state index contributed by atoms with van der Waals surface area (Å²) in [6, 6.07) is 2.03. The molecule has 0 saturated heterocycles. The van der Waals surface area contributed by atoms with Crippen molar-refractivity contribution in [2.75, 3.05) is 0 Å². The highest BCUT2D eigenvalue weighted by Gasteiger charge is 1.96. The van der Waals surface area contributed by atoms with Crippen LogP contribution < -0.4 is 5.32 Å². The summed E-state index contributed by atoms with van der Waals surface area (Å²) in [5.74, 6) is -0.0628. The second-order valence-electron chi connectivity index (χ2n) is 3.29. The first-order chi connectivity index (χ1) is 6.68. The molecule has 0 radical (unpaired) electrons. The highest BCUT2D eigenvalue weighted by molar-refractivity contribution is 5.87. The molecule has 1 aromatic heterocycles. The van der Waals surface area contributed by atoms with Crippen LogP contribution >= 0.6 is 0 Å². The van der Waals surface area contributed by atoms with Crippen LogP contribution in [0.5, 0.6) is 0 Å². The molecule has 0 unspecified atom stereocenters. The predicted molar refractivity (Wildman–Crippen MR) is 56.8 cm³/mol. The van der Waals surface area contributed by atoms with Gasteiger partial charge in [-0.15, -0.1) is 0 Å². The molecular weight excluding hydrogens is 178 g/mol. The number of allylic oxidation sites excluding steroid dienone is 1. The average Bonchev–Trinajstić information content (AvgIpc) is 2.55. The summed E-state index contributed by atoms with van der Waals surface area (Å²) < 4.78 is 1.75. The third-order valence-electron chi connectivity index (χ3n) is 1.55. The minimum absolute atomic E-state index is 0. The van der Waals surface area contributed by atoms with E-state index in [2.05, 4.69) is 10.4 Å². The number of amides is 1. The SMILES string of the molecule is CC(C)NC(=O)/C=C/Cn1cccn1.[HH]. The first-order valence-corrected chi connectivity index (χ1v) is 4.63. The summed E-state index contributed by atoms with van der Waals surface area (Å²) in [4.78, 5) is 11.2. The zero-order valence-corrected chi connectivity index (χ0v) is 8.47. The number of carbonyl (C=O) groups excluding carboxylic acids is 1. The maximum atomic E-state index is 11.2. The van der Waals surface area contributed by atoms with E-state index in [4.69, 9.17) is 0 Å². The Balaban J connectivity index is 0.00000196. The van der Waals surface area contributed by atoms with Gasteiger partial charge >= 0.3 is 0 Å². The number of nitrogens with one attached hydrogen (secondary N) is 1. The van der Waals surface area contributed by atoms with E-state index >= 15 is 0 Å². The summed E-state index contributed by atoms with van der Waals surface area (Å²) >= 11 is 0. The quantitative estimate of drug-likeness (QED) is 0.734. The van der Waals surface area contributed by atoms with Gasteiger partial charge in [-0.2, -0.15) is 5.10 Å². The summed E-state index contributed by atoms with van der Waals surface area (Å²) in [5, 5.41) is 6.78. The van der Waals surface area contributed by atoms with E-state index in [1.807, 2.05) is 26.1 Å². The van der Waals surface area contributed by atoms with Crippen LogP contribution in [-0.2, 0) is 11.3 Å². The summed E-state index contributed by atoms with van der Waals surface area (Å²) in [6.45, 7) is 4.48. The molecular formula is C10H17N3O. The standard InChI is InChI=1S/C10H15N3O.H2/c1-9(2)12-10(14)5-3-7-13-8-4-6-11-13;/h3-6,8-9H,7H2,1-2H3,(H,12,14);1H/b5-3+;. The largest absolute Gasteiger partial charge is 0.350 e. The lowest BCUT2D eigenvalue weighted by Gasteiger charge is -2.03. The topological polar surface area (TPSA) is 46.9 Å². The number of nitrogens with zero attached hydrogens (tertiary/aromatic N) is 2. The number of rotatable bonds is 4. The van der Waals surface area contributed by atoms with Crippen molar-refractivity contribution in [3.8, 4) is 0 Å². The van der Waals surface area contributed by atoms with Gasteiger partial charge in [0.15, 0.2) is 0 Å². The minimum Gasteiger partial charge on any atom is -0.350 e. The second kappa shape index (κ2) is 5.21. The predicted octanol–water partition coefficient (Wildman–Crippen LogP) is 1.21. The van der Waals surface area contributed by atoms with Gasteiger partial charge in [-0.1, -0.05) is 6.08 Å². The van der Waals surface area contributed by atoms with Gasteiger partial charge in [0, 0.05) is 25.9 Å². The van der Waals surface area contributed by atoms with Gasteiger partial charge in [-0.05, 0) is 19.9 Å². The minimum atomic E-state index is -0.0628. The Hall–Kier alpha value is -1.58. The van der Waals surface area contributed by atoms with Crippen molar-refractivity contribution in [1.82, 2.24) is 15.1 Å². The lowest BCUT2D eigenvalue weighted by molar-refractivity contribution is -0.116. The van der Waals surface area contributed by atoms with Gasteiger partial charge in [-0.25, -0.2) is 0 Å². The van der Waals surface area contributed by atoms with E-state index in [0.717, 1.165) is 0 Å². The molecule has 0 bridgehead atoms. The van der Waals surface area contributed by atoms with Crippen LogP contribution in [0, 0.1) is 0 Å². The normalized spacial score (nSPS) is 11.1. The molecule has 0 saturated carbocycles. The smallest absolute Gasteiger partial charge is 0.243 e. The molecule has 0 fully saturated rings. The van der Waals surface area contributed by atoms with E-state index in [1.165, 1.54) is 6.08 Å². The van der Waals surface area contributed by atoms with Crippen molar-refractivity contribution < 1.29 is 6.22 Å². The fraction of sp³-hybridized carbons (Fsp3) is 0.400. The van der Waals surface area contributed by atoms with E-state index < -0.39 is 0 Å². The number of hydrogen-bond donors (Lipinski definition) is 1. The molecule has 0 atom stereocenters. The molecule has 4 nitrogen and oxygen atoms in total. The van der Waals surface area contributed by atoms with Crippen LogP contribution in [0.15, 0.2) is 30.6 Å². The van der Waals surface area contributed by atoms with Crippen molar-refractivity contribution in [3.05, 3.63) is 30.6 Å². The van der Waals surface area contributed by atoms with Gasteiger partial charge in [0.05, 0.1) is 6.54 Å². The molecule has 4 heteroatoms. The molecule has 0 aromatic carbocycles. The molecule has 0 aliphatic carbocycles. The fourth-order valence-corrected chi connectivity index (χ4v) is 1.01. The number of carbonyl (C=O) groups is 1. The third-order valence-corrected chi connectivity index (χ3v) is 1.55. The van der Waals surface area contributed by atoms with E-state index in [-0.39, 0.29) is 13.4 Å². The highest BCUT2D eigenvalue weighted by atomic mass is 16.1. The monoisotopic (exact) mass is 195 g/mol. The van der Waals surface area contributed by atoms with Crippen LogP contribution in [0.25, 0.3) is 0 Å².